The van der Waals surface area contributed by atoms with E-state index in [0.717, 1.165) is 23.1 Å². The molecule has 0 fully saturated rings. The number of hydrogen-bond acceptors (Lipinski definition) is 6. The highest BCUT2D eigenvalue weighted by molar-refractivity contribution is 5.97. The van der Waals surface area contributed by atoms with E-state index in [4.69, 9.17) is 0 Å². The summed E-state index contributed by atoms with van der Waals surface area (Å²) in [5.74, 6) is -2.07. The van der Waals surface area contributed by atoms with Crippen molar-refractivity contribution in [1.82, 2.24) is 4.90 Å². The molecule has 10 heteroatoms. The van der Waals surface area contributed by atoms with Crippen molar-refractivity contribution >= 4 is 23.3 Å². The van der Waals surface area contributed by atoms with E-state index < -0.39 is 39.1 Å². The molecule has 130 valence electrons. The van der Waals surface area contributed by atoms with Crippen LogP contribution in [0.15, 0.2) is 18.2 Å². The van der Waals surface area contributed by atoms with E-state index in [2.05, 4.69) is 0 Å². The quantitative estimate of drug-likeness (QED) is 0.591. The molecular formula is C14H17N3O7. The summed E-state index contributed by atoms with van der Waals surface area (Å²) in [6.07, 6.45) is 0.175. The summed E-state index contributed by atoms with van der Waals surface area (Å²) >= 11 is 0. The van der Waals surface area contributed by atoms with Crippen LogP contribution in [0.5, 0.6) is 0 Å². The lowest BCUT2D eigenvalue weighted by molar-refractivity contribution is -0.394. The third kappa shape index (κ3) is 4.48. The van der Waals surface area contributed by atoms with E-state index in [1.54, 1.807) is 13.8 Å². The van der Waals surface area contributed by atoms with E-state index in [1.165, 1.54) is 7.05 Å². The van der Waals surface area contributed by atoms with Crippen molar-refractivity contribution < 1.29 is 24.5 Å². The van der Waals surface area contributed by atoms with Crippen LogP contribution in [0.25, 0.3) is 0 Å². The summed E-state index contributed by atoms with van der Waals surface area (Å²) in [5, 5.41) is 31.0. The topological polar surface area (TPSA) is 144 Å². The summed E-state index contributed by atoms with van der Waals surface area (Å²) in [5.41, 5.74) is -1.54. The first-order valence-corrected chi connectivity index (χ1v) is 6.98. The number of nitro benzene ring substituents is 2. The Morgan fingerprint density at radius 1 is 1.12 bits per heavy atom. The smallest absolute Gasteiger partial charge is 0.326 e. The Labute approximate surface area is 137 Å². The molecule has 1 aromatic carbocycles. The van der Waals surface area contributed by atoms with E-state index in [1.807, 2.05) is 0 Å². The lowest BCUT2D eigenvalue weighted by Gasteiger charge is -2.26. The number of benzene rings is 1. The highest BCUT2D eigenvalue weighted by atomic mass is 16.6. The lowest BCUT2D eigenvalue weighted by atomic mass is 10.0. The molecule has 1 aromatic rings. The van der Waals surface area contributed by atoms with Gasteiger partial charge in [0.25, 0.3) is 17.3 Å². The third-order valence-corrected chi connectivity index (χ3v) is 3.34. The Bertz CT molecular complexity index is 655. The number of carbonyl (C=O) groups is 2. The molecule has 0 saturated heterocycles. The summed E-state index contributed by atoms with van der Waals surface area (Å²) in [6.45, 7) is 3.57. The molecule has 0 saturated carbocycles. The Hall–Kier alpha value is -3.04. The molecule has 0 bridgehead atoms. The SMILES string of the molecule is CC(C)C[C@@H](C(=O)O)N(C)C(=O)c1cc([N+](=O)[O-])cc([N+](=O)[O-])c1. The van der Waals surface area contributed by atoms with Gasteiger partial charge in [-0.05, 0) is 12.3 Å². The summed E-state index contributed by atoms with van der Waals surface area (Å²) < 4.78 is 0. The standard InChI is InChI=1S/C14H17N3O7/c1-8(2)4-12(14(19)20)15(3)13(18)9-5-10(16(21)22)7-11(6-9)17(23)24/h5-8,12H,4H2,1-3H3,(H,19,20)/t12-/m0/s1. The molecular weight excluding hydrogens is 322 g/mol. The Kier molecular flexibility index (Phi) is 5.93. The van der Waals surface area contributed by atoms with Crippen LogP contribution in [-0.4, -0.2) is 44.8 Å². The van der Waals surface area contributed by atoms with Crippen molar-refractivity contribution in [3.63, 3.8) is 0 Å². The first-order chi connectivity index (χ1) is 11.0. The minimum Gasteiger partial charge on any atom is -0.480 e. The molecule has 1 rings (SSSR count). The molecule has 0 spiro atoms. The van der Waals surface area contributed by atoms with Crippen molar-refractivity contribution in [3.8, 4) is 0 Å². The average molecular weight is 339 g/mol. The average Bonchev–Trinajstić information content (AvgIpc) is 2.50. The van der Waals surface area contributed by atoms with Crippen LogP contribution < -0.4 is 0 Å². The predicted octanol–water partition coefficient (Wildman–Crippen LogP) is 2.07. The molecule has 0 aliphatic carbocycles. The van der Waals surface area contributed by atoms with E-state index in [9.17, 15) is 34.9 Å². The Balaban J connectivity index is 3.27. The number of amides is 1. The number of carbonyl (C=O) groups excluding carboxylic acids is 1. The number of non-ortho nitro benzene ring substituents is 2. The lowest BCUT2D eigenvalue weighted by Crippen LogP contribution is -2.43. The number of carboxylic acid groups (broad SMARTS) is 1. The van der Waals surface area contributed by atoms with Gasteiger partial charge in [-0.1, -0.05) is 13.8 Å². The van der Waals surface area contributed by atoms with E-state index >= 15 is 0 Å². The first kappa shape index (κ1) is 19.0. The largest absolute Gasteiger partial charge is 0.480 e. The van der Waals surface area contributed by atoms with E-state index in [0.29, 0.717) is 0 Å². The number of carboxylic acids is 1. The van der Waals surface area contributed by atoms with Crippen molar-refractivity contribution in [3.05, 3.63) is 44.0 Å². The molecule has 0 radical (unpaired) electrons. The van der Waals surface area contributed by atoms with Gasteiger partial charge in [-0.2, -0.15) is 0 Å². The fraction of sp³-hybridized carbons (Fsp3) is 0.429. The third-order valence-electron chi connectivity index (χ3n) is 3.34. The molecule has 0 aliphatic heterocycles. The Morgan fingerprint density at radius 2 is 1.58 bits per heavy atom. The molecule has 1 N–H and O–H groups in total. The van der Waals surface area contributed by atoms with Crippen molar-refractivity contribution in [1.29, 1.82) is 0 Å². The van der Waals surface area contributed by atoms with E-state index in [-0.39, 0.29) is 17.9 Å². The van der Waals surface area contributed by atoms with Gasteiger partial charge in [-0.15, -0.1) is 0 Å². The van der Waals surface area contributed by atoms with Crippen LogP contribution in [-0.2, 0) is 4.79 Å². The van der Waals surface area contributed by atoms with Gasteiger partial charge in [0.2, 0.25) is 0 Å². The molecule has 1 atom stereocenters. The first-order valence-electron chi connectivity index (χ1n) is 6.98. The van der Waals surface area contributed by atoms with Gasteiger partial charge in [0.05, 0.1) is 21.5 Å². The van der Waals surface area contributed by atoms with Crippen LogP contribution in [0.3, 0.4) is 0 Å². The zero-order valence-corrected chi connectivity index (χ0v) is 13.3. The molecule has 0 heterocycles. The second-order valence-electron chi connectivity index (χ2n) is 5.65. The fourth-order valence-electron chi connectivity index (χ4n) is 2.15. The molecule has 0 aliphatic rings. The fourth-order valence-corrected chi connectivity index (χ4v) is 2.15. The molecule has 0 aromatic heterocycles. The minimum atomic E-state index is -1.22. The monoisotopic (exact) mass is 339 g/mol. The van der Waals surface area contributed by atoms with Crippen LogP contribution >= 0.6 is 0 Å². The summed E-state index contributed by atoms with van der Waals surface area (Å²) in [6, 6.07) is 1.37. The normalized spacial score (nSPS) is 11.8. The predicted molar refractivity (Wildman–Crippen MR) is 82.7 cm³/mol. The van der Waals surface area contributed by atoms with Gasteiger partial charge in [-0.3, -0.25) is 25.0 Å². The molecule has 0 unspecified atom stereocenters. The number of likely N-dealkylation sites (N-methyl/N-ethyl adjacent to an activating group) is 1. The maximum atomic E-state index is 12.4. The summed E-state index contributed by atoms with van der Waals surface area (Å²) in [4.78, 5) is 44.7. The summed E-state index contributed by atoms with van der Waals surface area (Å²) in [7, 11) is 1.24. The van der Waals surface area contributed by atoms with Gasteiger partial charge >= 0.3 is 5.97 Å². The van der Waals surface area contributed by atoms with Crippen molar-refractivity contribution in [2.75, 3.05) is 7.05 Å². The Morgan fingerprint density at radius 3 is 1.92 bits per heavy atom. The minimum absolute atomic E-state index is 0.0132. The van der Waals surface area contributed by atoms with Gasteiger partial charge in [0.15, 0.2) is 0 Å². The second-order valence-corrected chi connectivity index (χ2v) is 5.65. The van der Waals surface area contributed by atoms with Crippen LogP contribution in [0.2, 0.25) is 0 Å². The highest BCUT2D eigenvalue weighted by Crippen LogP contribution is 2.24. The number of nitro groups is 2. The maximum Gasteiger partial charge on any atom is 0.326 e. The van der Waals surface area contributed by atoms with Gasteiger partial charge in [0, 0.05) is 19.2 Å². The maximum absolute atomic E-state index is 12.4. The van der Waals surface area contributed by atoms with Gasteiger partial charge in [-0.25, -0.2) is 4.79 Å². The molecule has 10 nitrogen and oxygen atoms in total. The zero-order chi connectivity index (χ0) is 18.6. The van der Waals surface area contributed by atoms with Gasteiger partial charge < -0.3 is 10.0 Å². The molecule has 24 heavy (non-hydrogen) atoms. The molecule has 1 amide bonds. The number of aliphatic carboxylic acids is 1. The zero-order valence-electron chi connectivity index (χ0n) is 13.3. The number of rotatable bonds is 7. The van der Waals surface area contributed by atoms with Crippen LogP contribution in [0, 0.1) is 26.1 Å². The highest BCUT2D eigenvalue weighted by Gasteiger charge is 2.30. The number of hydrogen-bond donors (Lipinski definition) is 1. The van der Waals surface area contributed by atoms with Crippen LogP contribution in [0.1, 0.15) is 30.6 Å². The van der Waals surface area contributed by atoms with Crippen molar-refractivity contribution in [2.24, 2.45) is 5.92 Å². The number of nitrogens with zero attached hydrogens (tertiary/aromatic N) is 3. The van der Waals surface area contributed by atoms with Crippen molar-refractivity contribution in [2.45, 2.75) is 26.3 Å². The van der Waals surface area contributed by atoms with Gasteiger partial charge in [0.1, 0.15) is 6.04 Å². The second kappa shape index (κ2) is 7.49. The van der Waals surface area contributed by atoms with Crippen LogP contribution in [0.4, 0.5) is 11.4 Å².